The van der Waals surface area contributed by atoms with Crippen LogP contribution < -0.4 is 9.64 Å². The van der Waals surface area contributed by atoms with Gasteiger partial charge in [0.05, 0.1) is 13.2 Å². The monoisotopic (exact) mass is 352 g/mol. The Hall–Kier alpha value is -2.58. The molecule has 1 N–H and O–H groups in total. The van der Waals surface area contributed by atoms with Gasteiger partial charge in [-0.2, -0.15) is 0 Å². The third kappa shape index (κ3) is 4.94. The minimum absolute atomic E-state index is 0.0121. The number of carbonyl (C=O) groups is 2. The number of hydrogen-bond acceptors (Lipinski definition) is 7. The Bertz CT molecular complexity index is 631. The molecule has 1 fully saturated rings. The highest BCUT2D eigenvalue weighted by Gasteiger charge is 2.36. The fourth-order valence-corrected chi connectivity index (χ4v) is 2.47. The fourth-order valence-electron chi connectivity index (χ4n) is 2.47. The van der Waals surface area contributed by atoms with Crippen molar-refractivity contribution in [2.75, 3.05) is 31.1 Å². The van der Waals surface area contributed by atoms with Gasteiger partial charge in [0.25, 0.3) is 0 Å². The fraction of sp³-hybridized carbons (Fsp3) is 0.625. The van der Waals surface area contributed by atoms with Crippen molar-refractivity contribution in [3.8, 4) is 5.88 Å². The SMILES string of the molecule is CCOc1cc(N2CCN(C(=O)OC(C)(C)C)C[C@H]2C(=O)O)ncn1. The van der Waals surface area contributed by atoms with Crippen LogP contribution >= 0.6 is 0 Å². The van der Waals surface area contributed by atoms with Gasteiger partial charge in [0, 0.05) is 19.2 Å². The van der Waals surface area contributed by atoms with E-state index in [1.54, 1.807) is 31.7 Å². The smallest absolute Gasteiger partial charge is 0.410 e. The van der Waals surface area contributed by atoms with E-state index in [0.717, 1.165) is 0 Å². The maximum atomic E-state index is 12.2. The van der Waals surface area contributed by atoms with E-state index in [2.05, 4.69) is 9.97 Å². The van der Waals surface area contributed by atoms with Crippen molar-refractivity contribution in [3.63, 3.8) is 0 Å². The van der Waals surface area contributed by atoms with E-state index in [1.165, 1.54) is 11.2 Å². The van der Waals surface area contributed by atoms with Crippen molar-refractivity contribution in [2.24, 2.45) is 0 Å². The number of amides is 1. The van der Waals surface area contributed by atoms with Gasteiger partial charge in [-0.15, -0.1) is 0 Å². The first-order chi connectivity index (χ1) is 11.7. The summed E-state index contributed by atoms with van der Waals surface area (Å²) in [6.45, 7) is 8.26. The highest BCUT2D eigenvalue weighted by Crippen LogP contribution is 2.22. The molecule has 1 aromatic heterocycles. The standard InChI is InChI=1S/C16H24N4O5/c1-5-24-13-8-12(17-10-18-13)20-7-6-19(9-11(20)14(21)22)15(23)25-16(2,3)4/h8,10-11H,5-7,9H2,1-4H3,(H,21,22)/t11-/m0/s1. The van der Waals surface area contributed by atoms with Crippen molar-refractivity contribution in [1.82, 2.24) is 14.9 Å². The van der Waals surface area contributed by atoms with Gasteiger partial charge in [-0.1, -0.05) is 0 Å². The number of ether oxygens (including phenoxy) is 2. The van der Waals surface area contributed by atoms with Gasteiger partial charge in [0.15, 0.2) is 0 Å². The zero-order chi connectivity index (χ0) is 18.6. The van der Waals surface area contributed by atoms with Crippen LogP contribution in [0.4, 0.5) is 10.6 Å². The summed E-state index contributed by atoms with van der Waals surface area (Å²) >= 11 is 0. The van der Waals surface area contributed by atoms with E-state index in [1.807, 2.05) is 6.92 Å². The summed E-state index contributed by atoms with van der Waals surface area (Å²) in [5.74, 6) is -0.203. The number of piperazine rings is 1. The number of carboxylic acids is 1. The van der Waals surface area contributed by atoms with E-state index < -0.39 is 23.7 Å². The number of rotatable bonds is 4. The predicted octanol–water partition coefficient (Wildman–Crippen LogP) is 1.39. The number of nitrogens with zero attached hydrogens (tertiary/aromatic N) is 4. The third-order valence-corrected chi connectivity index (χ3v) is 3.53. The summed E-state index contributed by atoms with van der Waals surface area (Å²) < 4.78 is 10.7. The van der Waals surface area contributed by atoms with Crippen molar-refractivity contribution < 1.29 is 24.2 Å². The van der Waals surface area contributed by atoms with E-state index in [-0.39, 0.29) is 6.54 Å². The molecule has 1 amide bonds. The molecule has 0 aliphatic carbocycles. The Morgan fingerprint density at radius 3 is 2.64 bits per heavy atom. The Labute approximate surface area is 146 Å². The first-order valence-electron chi connectivity index (χ1n) is 8.13. The number of aliphatic carboxylic acids is 1. The van der Waals surface area contributed by atoms with Gasteiger partial charge < -0.3 is 24.4 Å². The molecule has 9 heteroatoms. The molecular formula is C16H24N4O5. The number of carboxylic acid groups (broad SMARTS) is 1. The Morgan fingerprint density at radius 2 is 2.04 bits per heavy atom. The van der Waals surface area contributed by atoms with Crippen LogP contribution in [0, 0.1) is 0 Å². The van der Waals surface area contributed by atoms with Crippen molar-refractivity contribution >= 4 is 17.9 Å². The maximum Gasteiger partial charge on any atom is 0.410 e. The molecule has 0 radical (unpaired) electrons. The molecule has 2 rings (SSSR count). The van der Waals surface area contributed by atoms with Crippen LogP contribution in [0.5, 0.6) is 5.88 Å². The topological polar surface area (TPSA) is 105 Å². The minimum Gasteiger partial charge on any atom is -0.480 e. The normalized spacial score (nSPS) is 18.0. The predicted molar refractivity (Wildman–Crippen MR) is 89.8 cm³/mol. The molecule has 1 atom stereocenters. The largest absolute Gasteiger partial charge is 0.480 e. The van der Waals surface area contributed by atoms with Crippen LogP contribution in [-0.4, -0.2) is 69.9 Å². The third-order valence-electron chi connectivity index (χ3n) is 3.53. The van der Waals surface area contributed by atoms with Gasteiger partial charge in [-0.25, -0.2) is 19.6 Å². The summed E-state index contributed by atoms with van der Waals surface area (Å²) in [6.07, 6.45) is 0.815. The van der Waals surface area contributed by atoms with E-state index >= 15 is 0 Å². The molecule has 1 saturated heterocycles. The molecule has 0 unspecified atom stereocenters. The number of aromatic nitrogens is 2. The average molecular weight is 352 g/mol. The van der Waals surface area contributed by atoms with Crippen molar-refractivity contribution in [2.45, 2.75) is 39.3 Å². The Kier molecular flexibility index (Phi) is 5.66. The summed E-state index contributed by atoms with van der Waals surface area (Å²) in [4.78, 5) is 35.1. The molecule has 9 nitrogen and oxygen atoms in total. The van der Waals surface area contributed by atoms with Crippen LogP contribution in [-0.2, 0) is 9.53 Å². The molecule has 0 aromatic carbocycles. The molecule has 1 aromatic rings. The second-order valence-corrected chi connectivity index (χ2v) is 6.62. The van der Waals surface area contributed by atoms with Crippen molar-refractivity contribution in [1.29, 1.82) is 0 Å². The Morgan fingerprint density at radius 1 is 1.32 bits per heavy atom. The molecule has 0 saturated carbocycles. The summed E-state index contributed by atoms with van der Waals surface area (Å²) in [5.41, 5.74) is -0.633. The molecule has 0 bridgehead atoms. The molecule has 1 aliphatic heterocycles. The lowest BCUT2D eigenvalue weighted by molar-refractivity contribution is -0.139. The second-order valence-electron chi connectivity index (χ2n) is 6.62. The molecule has 0 spiro atoms. The number of hydrogen-bond donors (Lipinski definition) is 1. The van der Waals surface area contributed by atoms with Gasteiger partial charge in [0.2, 0.25) is 5.88 Å². The number of carbonyl (C=O) groups excluding carboxylic acids is 1. The first kappa shape index (κ1) is 18.8. The van der Waals surface area contributed by atoms with Crippen LogP contribution in [0.15, 0.2) is 12.4 Å². The lowest BCUT2D eigenvalue weighted by Gasteiger charge is -2.40. The summed E-state index contributed by atoms with van der Waals surface area (Å²) in [5, 5.41) is 9.58. The maximum absolute atomic E-state index is 12.2. The lowest BCUT2D eigenvalue weighted by atomic mass is 10.1. The minimum atomic E-state index is -1.04. The van der Waals surface area contributed by atoms with E-state index in [9.17, 15) is 14.7 Å². The Balaban J connectivity index is 2.16. The molecule has 1 aliphatic rings. The molecule has 25 heavy (non-hydrogen) atoms. The first-order valence-corrected chi connectivity index (χ1v) is 8.13. The van der Waals surface area contributed by atoms with Crippen LogP contribution in [0.1, 0.15) is 27.7 Å². The highest BCUT2D eigenvalue weighted by atomic mass is 16.6. The van der Waals surface area contributed by atoms with Crippen LogP contribution in [0.2, 0.25) is 0 Å². The lowest BCUT2D eigenvalue weighted by Crippen LogP contribution is -2.58. The van der Waals surface area contributed by atoms with E-state index in [4.69, 9.17) is 9.47 Å². The van der Waals surface area contributed by atoms with Gasteiger partial charge >= 0.3 is 12.1 Å². The van der Waals surface area contributed by atoms with E-state index in [0.29, 0.717) is 31.4 Å². The van der Waals surface area contributed by atoms with Gasteiger partial charge in [-0.3, -0.25) is 0 Å². The zero-order valence-electron chi connectivity index (χ0n) is 14.9. The van der Waals surface area contributed by atoms with Crippen molar-refractivity contribution in [3.05, 3.63) is 12.4 Å². The zero-order valence-corrected chi connectivity index (χ0v) is 14.9. The summed E-state index contributed by atoms with van der Waals surface area (Å²) in [7, 11) is 0. The highest BCUT2D eigenvalue weighted by molar-refractivity contribution is 5.80. The molecule has 2 heterocycles. The van der Waals surface area contributed by atoms with Gasteiger partial charge in [0.1, 0.15) is 23.8 Å². The van der Waals surface area contributed by atoms with Crippen LogP contribution in [0.3, 0.4) is 0 Å². The second kappa shape index (κ2) is 7.54. The average Bonchev–Trinajstić information content (AvgIpc) is 2.53. The summed E-state index contributed by atoms with van der Waals surface area (Å²) in [6, 6.07) is 0.674. The molecule has 138 valence electrons. The van der Waals surface area contributed by atoms with Crippen LogP contribution in [0.25, 0.3) is 0 Å². The quantitative estimate of drug-likeness (QED) is 0.866. The number of anilines is 1. The molecular weight excluding hydrogens is 328 g/mol. The van der Waals surface area contributed by atoms with Gasteiger partial charge in [-0.05, 0) is 27.7 Å².